The molecule has 5 nitrogen and oxygen atoms in total. The van der Waals surface area contributed by atoms with Gasteiger partial charge in [0.15, 0.2) is 0 Å². The number of hydrogen-bond donors (Lipinski definition) is 1. The van der Waals surface area contributed by atoms with E-state index in [9.17, 15) is 5.26 Å². The van der Waals surface area contributed by atoms with E-state index in [-0.39, 0.29) is 5.95 Å². The van der Waals surface area contributed by atoms with Crippen molar-refractivity contribution in [3.05, 3.63) is 47.0 Å². The third-order valence-corrected chi connectivity index (χ3v) is 3.44. The van der Waals surface area contributed by atoms with E-state index in [1.54, 1.807) is 35.9 Å². The Kier molecular flexibility index (Phi) is 3.16. The van der Waals surface area contributed by atoms with Crippen molar-refractivity contribution >= 4 is 28.6 Å². The molecule has 0 radical (unpaired) electrons. The van der Waals surface area contributed by atoms with Crippen LogP contribution in [0.2, 0.25) is 5.02 Å². The van der Waals surface area contributed by atoms with Gasteiger partial charge in [0, 0.05) is 11.1 Å². The minimum absolute atomic E-state index is 0.289. The Bertz CT molecular complexity index is 879. The Balaban J connectivity index is 2.33. The van der Waals surface area contributed by atoms with Crippen LogP contribution in [0.5, 0.6) is 5.75 Å². The van der Waals surface area contributed by atoms with Gasteiger partial charge in [-0.2, -0.15) is 5.26 Å². The highest BCUT2D eigenvalue weighted by molar-refractivity contribution is 6.30. The zero-order chi connectivity index (χ0) is 15.0. The van der Waals surface area contributed by atoms with E-state index < -0.39 is 0 Å². The van der Waals surface area contributed by atoms with Gasteiger partial charge in [-0.3, -0.25) is 4.57 Å². The summed E-state index contributed by atoms with van der Waals surface area (Å²) in [5.41, 5.74) is 8.56. The van der Waals surface area contributed by atoms with Crippen molar-refractivity contribution in [1.29, 1.82) is 5.26 Å². The lowest BCUT2D eigenvalue weighted by molar-refractivity contribution is 0.415. The molecule has 0 unspecified atom stereocenters. The van der Waals surface area contributed by atoms with Gasteiger partial charge in [-0.25, -0.2) is 4.98 Å². The second kappa shape index (κ2) is 5.00. The number of aromatic nitrogens is 2. The van der Waals surface area contributed by atoms with Gasteiger partial charge in [-0.05, 0) is 30.3 Å². The predicted octanol–water partition coefficient (Wildman–Crippen LogP) is 3.14. The summed E-state index contributed by atoms with van der Waals surface area (Å²) in [5.74, 6) is 0.982. The van der Waals surface area contributed by atoms with Gasteiger partial charge in [0.1, 0.15) is 11.8 Å². The number of methoxy groups -OCH3 is 1. The molecule has 104 valence electrons. The number of nitrogen functional groups attached to an aromatic ring is 1. The van der Waals surface area contributed by atoms with Gasteiger partial charge < -0.3 is 10.5 Å². The van der Waals surface area contributed by atoms with E-state index in [0.717, 1.165) is 5.52 Å². The molecular weight excluding hydrogens is 288 g/mol. The van der Waals surface area contributed by atoms with Crippen LogP contribution < -0.4 is 10.5 Å². The van der Waals surface area contributed by atoms with Crippen LogP contribution in [0, 0.1) is 11.3 Å². The van der Waals surface area contributed by atoms with Gasteiger partial charge >= 0.3 is 0 Å². The van der Waals surface area contributed by atoms with E-state index in [0.29, 0.717) is 27.5 Å². The Morgan fingerprint density at radius 3 is 2.81 bits per heavy atom. The Labute approximate surface area is 126 Å². The first kappa shape index (κ1) is 13.3. The number of benzene rings is 2. The van der Waals surface area contributed by atoms with Crippen LogP contribution in [-0.4, -0.2) is 16.7 Å². The zero-order valence-electron chi connectivity index (χ0n) is 11.2. The van der Waals surface area contributed by atoms with Crippen molar-refractivity contribution in [2.45, 2.75) is 0 Å². The molecule has 2 N–H and O–H groups in total. The minimum atomic E-state index is 0.289. The maximum absolute atomic E-state index is 9.27. The number of rotatable bonds is 2. The maximum Gasteiger partial charge on any atom is 0.205 e. The first-order valence-corrected chi connectivity index (χ1v) is 6.54. The lowest BCUT2D eigenvalue weighted by Gasteiger charge is -2.09. The van der Waals surface area contributed by atoms with Gasteiger partial charge in [0.2, 0.25) is 5.95 Å². The van der Waals surface area contributed by atoms with Crippen molar-refractivity contribution in [2.75, 3.05) is 12.8 Å². The summed E-state index contributed by atoms with van der Waals surface area (Å²) < 4.78 is 6.89. The molecule has 21 heavy (non-hydrogen) atoms. The van der Waals surface area contributed by atoms with Crippen molar-refractivity contribution in [3.8, 4) is 17.5 Å². The second-order valence-electron chi connectivity index (χ2n) is 4.43. The topological polar surface area (TPSA) is 76.9 Å². The molecule has 0 spiro atoms. The highest BCUT2D eigenvalue weighted by Gasteiger charge is 2.14. The molecule has 0 aliphatic heterocycles. The third-order valence-electron chi connectivity index (χ3n) is 3.21. The van der Waals surface area contributed by atoms with Gasteiger partial charge in [0.05, 0.1) is 29.4 Å². The molecule has 1 heterocycles. The molecule has 0 aliphatic rings. The standard InChI is InChI=1S/C15H11ClN4O/c1-21-11-4-5-13-12(7-11)19-15(18)20(13)14-6-10(16)3-2-9(14)8-17/h2-7H,1H3,(H2,18,19). The summed E-state index contributed by atoms with van der Waals surface area (Å²) in [7, 11) is 1.59. The lowest BCUT2D eigenvalue weighted by atomic mass is 10.2. The summed E-state index contributed by atoms with van der Waals surface area (Å²) in [6, 6.07) is 12.6. The highest BCUT2D eigenvalue weighted by Crippen LogP contribution is 2.29. The quantitative estimate of drug-likeness (QED) is 0.788. The molecule has 3 rings (SSSR count). The molecule has 0 amide bonds. The molecule has 0 fully saturated rings. The smallest absolute Gasteiger partial charge is 0.205 e. The van der Waals surface area contributed by atoms with E-state index in [1.807, 2.05) is 12.1 Å². The summed E-state index contributed by atoms with van der Waals surface area (Å²) >= 11 is 6.04. The van der Waals surface area contributed by atoms with E-state index in [2.05, 4.69) is 11.1 Å². The predicted molar refractivity (Wildman–Crippen MR) is 81.8 cm³/mol. The number of ether oxygens (including phenoxy) is 1. The zero-order valence-corrected chi connectivity index (χ0v) is 11.9. The van der Waals surface area contributed by atoms with E-state index >= 15 is 0 Å². The Morgan fingerprint density at radius 2 is 2.10 bits per heavy atom. The summed E-state index contributed by atoms with van der Waals surface area (Å²) in [5, 5.41) is 9.79. The molecule has 0 saturated heterocycles. The van der Waals surface area contributed by atoms with Gasteiger partial charge in [0.25, 0.3) is 0 Å². The van der Waals surface area contributed by atoms with Crippen LogP contribution in [0.3, 0.4) is 0 Å². The van der Waals surface area contributed by atoms with E-state index in [4.69, 9.17) is 22.1 Å². The molecule has 0 saturated carbocycles. The number of nitrogens with two attached hydrogens (primary N) is 1. The molecule has 1 aromatic heterocycles. The summed E-state index contributed by atoms with van der Waals surface area (Å²) in [6.07, 6.45) is 0. The van der Waals surface area contributed by atoms with E-state index in [1.165, 1.54) is 0 Å². The Hall–Kier alpha value is -2.71. The molecule has 0 aliphatic carbocycles. The summed E-state index contributed by atoms with van der Waals surface area (Å²) in [4.78, 5) is 4.31. The van der Waals surface area contributed by atoms with Crippen LogP contribution in [0.1, 0.15) is 5.56 Å². The average Bonchev–Trinajstić information content (AvgIpc) is 2.81. The lowest BCUT2D eigenvalue weighted by Crippen LogP contribution is -2.02. The van der Waals surface area contributed by atoms with Crippen LogP contribution >= 0.6 is 11.6 Å². The van der Waals surface area contributed by atoms with Gasteiger partial charge in [-0.15, -0.1) is 0 Å². The summed E-state index contributed by atoms with van der Waals surface area (Å²) in [6.45, 7) is 0. The van der Waals surface area contributed by atoms with Crippen LogP contribution in [0.15, 0.2) is 36.4 Å². The third kappa shape index (κ3) is 2.16. The molecule has 0 bridgehead atoms. The van der Waals surface area contributed by atoms with Crippen molar-refractivity contribution in [2.24, 2.45) is 0 Å². The number of anilines is 1. The fourth-order valence-corrected chi connectivity index (χ4v) is 2.41. The Morgan fingerprint density at radius 1 is 1.29 bits per heavy atom. The van der Waals surface area contributed by atoms with Crippen LogP contribution in [-0.2, 0) is 0 Å². The maximum atomic E-state index is 9.27. The molecular formula is C15H11ClN4O. The SMILES string of the molecule is COc1ccc2c(c1)nc(N)n2-c1cc(Cl)ccc1C#N. The molecule has 3 aromatic rings. The minimum Gasteiger partial charge on any atom is -0.497 e. The fourth-order valence-electron chi connectivity index (χ4n) is 2.24. The number of nitriles is 1. The monoisotopic (exact) mass is 298 g/mol. The largest absolute Gasteiger partial charge is 0.497 e. The second-order valence-corrected chi connectivity index (χ2v) is 4.87. The first-order chi connectivity index (χ1) is 10.1. The average molecular weight is 299 g/mol. The number of fused-ring (bicyclic) bond motifs is 1. The number of imidazole rings is 1. The van der Waals surface area contributed by atoms with Crippen molar-refractivity contribution in [3.63, 3.8) is 0 Å². The molecule has 2 aromatic carbocycles. The van der Waals surface area contributed by atoms with Crippen LogP contribution in [0.25, 0.3) is 16.7 Å². The molecule has 0 atom stereocenters. The number of hydrogen-bond acceptors (Lipinski definition) is 4. The van der Waals surface area contributed by atoms with Crippen molar-refractivity contribution < 1.29 is 4.74 Å². The highest BCUT2D eigenvalue weighted by atomic mass is 35.5. The first-order valence-electron chi connectivity index (χ1n) is 6.16. The molecule has 6 heteroatoms. The fraction of sp³-hybridized carbons (Fsp3) is 0.0667. The van der Waals surface area contributed by atoms with Crippen LogP contribution in [0.4, 0.5) is 5.95 Å². The van der Waals surface area contributed by atoms with Crippen molar-refractivity contribution in [1.82, 2.24) is 9.55 Å². The number of halogens is 1. The normalized spacial score (nSPS) is 10.5. The number of nitrogens with zero attached hydrogens (tertiary/aromatic N) is 3. The van der Waals surface area contributed by atoms with Gasteiger partial charge in [-0.1, -0.05) is 11.6 Å².